The van der Waals surface area contributed by atoms with Gasteiger partial charge in [-0.3, -0.25) is 4.79 Å². The first-order valence-electron chi connectivity index (χ1n) is 4.99. The van der Waals surface area contributed by atoms with Gasteiger partial charge in [0.1, 0.15) is 0 Å². The molecule has 0 radical (unpaired) electrons. The molecular weight excluding hydrogens is 208 g/mol. The highest BCUT2D eigenvalue weighted by molar-refractivity contribution is 5.92. The zero-order chi connectivity index (χ0) is 12.1. The van der Waals surface area contributed by atoms with Crippen LogP contribution >= 0.6 is 0 Å². The molecule has 0 spiro atoms. The van der Waals surface area contributed by atoms with Crippen molar-refractivity contribution in [3.05, 3.63) is 11.8 Å². The van der Waals surface area contributed by atoms with Crippen molar-refractivity contribution in [3.63, 3.8) is 0 Å². The fourth-order valence-electron chi connectivity index (χ4n) is 1.15. The van der Waals surface area contributed by atoms with Crippen LogP contribution in [-0.2, 0) is 0 Å². The first kappa shape index (κ1) is 12.2. The molecule has 0 atom stereocenters. The molecule has 0 aliphatic rings. The van der Waals surface area contributed by atoms with Crippen molar-refractivity contribution < 1.29 is 9.53 Å². The van der Waals surface area contributed by atoms with Crippen molar-refractivity contribution in [3.8, 4) is 5.75 Å². The summed E-state index contributed by atoms with van der Waals surface area (Å²) in [6.45, 7) is 2.52. The molecule has 1 rings (SSSR count). The summed E-state index contributed by atoms with van der Waals surface area (Å²) in [5, 5.41) is 10.5. The van der Waals surface area contributed by atoms with Crippen molar-refractivity contribution in [1.82, 2.24) is 15.1 Å². The second-order valence-corrected chi connectivity index (χ2v) is 3.22. The molecule has 0 unspecified atom stereocenters. The van der Waals surface area contributed by atoms with Gasteiger partial charge in [0.05, 0.1) is 7.11 Å². The number of nitrogens with zero attached hydrogens (tertiary/aromatic N) is 3. The molecule has 6 nitrogen and oxygen atoms in total. The number of hydrogen-bond donors (Lipinski definition) is 1. The van der Waals surface area contributed by atoms with Crippen molar-refractivity contribution in [2.24, 2.45) is 0 Å². The second kappa shape index (κ2) is 5.29. The number of ether oxygens (including phenoxy) is 1. The fourth-order valence-corrected chi connectivity index (χ4v) is 1.15. The lowest BCUT2D eigenvalue weighted by atomic mass is 10.3. The molecule has 0 aromatic carbocycles. The molecule has 1 amide bonds. The van der Waals surface area contributed by atoms with E-state index >= 15 is 0 Å². The summed E-state index contributed by atoms with van der Waals surface area (Å²) >= 11 is 0. The minimum atomic E-state index is -0.170. The van der Waals surface area contributed by atoms with E-state index in [1.165, 1.54) is 7.11 Å². The third-order valence-corrected chi connectivity index (χ3v) is 2.26. The minimum Gasteiger partial charge on any atom is -0.493 e. The summed E-state index contributed by atoms with van der Waals surface area (Å²) in [4.78, 5) is 13.3. The summed E-state index contributed by atoms with van der Waals surface area (Å²) in [6.07, 6.45) is 0. The maximum Gasteiger partial charge on any atom is 0.274 e. The number of methoxy groups -OCH3 is 1. The van der Waals surface area contributed by atoms with E-state index in [2.05, 4.69) is 15.5 Å². The summed E-state index contributed by atoms with van der Waals surface area (Å²) in [5.41, 5.74) is 0.278. The molecular formula is C10H16N4O2. The van der Waals surface area contributed by atoms with E-state index in [1.54, 1.807) is 25.1 Å². The SMILES string of the molecule is CCN(C)C(=O)c1cc(OC)c(NC)nn1. The van der Waals surface area contributed by atoms with Crippen molar-refractivity contribution in [1.29, 1.82) is 0 Å². The highest BCUT2D eigenvalue weighted by atomic mass is 16.5. The molecule has 1 aromatic rings. The molecule has 88 valence electrons. The van der Waals surface area contributed by atoms with Crippen LogP contribution < -0.4 is 10.1 Å². The summed E-state index contributed by atoms with van der Waals surface area (Å²) < 4.78 is 5.10. The Labute approximate surface area is 94.6 Å². The lowest BCUT2D eigenvalue weighted by Crippen LogP contribution is -2.27. The third kappa shape index (κ3) is 2.39. The first-order chi connectivity index (χ1) is 7.63. The van der Waals surface area contributed by atoms with Gasteiger partial charge in [-0.05, 0) is 6.92 Å². The largest absolute Gasteiger partial charge is 0.493 e. The number of aromatic nitrogens is 2. The van der Waals surface area contributed by atoms with Crippen LogP contribution in [0.5, 0.6) is 5.75 Å². The number of hydrogen-bond acceptors (Lipinski definition) is 5. The van der Waals surface area contributed by atoms with Gasteiger partial charge in [-0.15, -0.1) is 10.2 Å². The predicted molar refractivity (Wildman–Crippen MR) is 60.8 cm³/mol. The smallest absolute Gasteiger partial charge is 0.274 e. The molecule has 1 heterocycles. The zero-order valence-corrected chi connectivity index (χ0v) is 9.94. The lowest BCUT2D eigenvalue weighted by Gasteiger charge is -2.14. The van der Waals surface area contributed by atoms with E-state index in [0.717, 1.165) is 0 Å². The summed E-state index contributed by atoms with van der Waals surface area (Å²) in [5.74, 6) is 0.847. The highest BCUT2D eigenvalue weighted by Crippen LogP contribution is 2.20. The van der Waals surface area contributed by atoms with Gasteiger partial charge in [0, 0.05) is 26.7 Å². The second-order valence-electron chi connectivity index (χ2n) is 3.22. The predicted octanol–water partition coefficient (Wildman–Crippen LogP) is 0.619. The van der Waals surface area contributed by atoms with Crippen LogP contribution in [0, 0.1) is 0 Å². The van der Waals surface area contributed by atoms with E-state index in [1.807, 2.05) is 6.92 Å². The van der Waals surface area contributed by atoms with Crippen LogP contribution in [0.15, 0.2) is 6.07 Å². The van der Waals surface area contributed by atoms with E-state index in [9.17, 15) is 4.79 Å². The van der Waals surface area contributed by atoms with Gasteiger partial charge in [-0.2, -0.15) is 0 Å². The Kier molecular flexibility index (Phi) is 4.04. The average molecular weight is 224 g/mol. The van der Waals surface area contributed by atoms with Gasteiger partial charge in [0.25, 0.3) is 5.91 Å². The standard InChI is InChI=1S/C10H16N4O2/c1-5-14(3)10(15)7-6-8(16-4)9(11-2)13-12-7/h6H,5H2,1-4H3,(H,11,13). The number of rotatable bonds is 4. The maximum atomic E-state index is 11.8. The molecule has 0 aliphatic heterocycles. The monoisotopic (exact) mass is 224 g/mol. The molecule has 0 bridgehead atoms. The topological polar surface area (TPSA) is 67.3 Å². The van der Waals surface area contributed by atoms with Crippen molar-refractivity contribution in [2.75, 3.05) is 33.1 Å². The Bertz CT molecular complexity index is 381. The lowest BCUT2D eigenvalue weighted by molar-refractivity contribution is 0.0795. The molecule has 1 aromatic heterocycles. The van der Waals surface area contributed by atoms with Crippen LogP contribution in [0.25, 0.3) is 0 Å². The van der Waals surface area contributed by atoms with Gasteiger partial charge in [0.2, 0.25) is 0 Å². The highest BCUT2D eigenvalue weighted by Gasteiger charge is 2.15. The Morgan fingerprint density at radius 1 is 1.56 bits per heavy atom. The third-order valence-electron chi connectivity index (χ3n) is 2.26. The fraction of sp³-hybridized carbons (Fsp3) is 0.500. The Balaban J connectivity index is 3.03. The molecule has 0 saturated carbocycles. The van der Waals surface area contributed by atoms with E-state index in [4.69, 9.17) is 4.74 Å². The van der Waals surface area contributed by atoms with E-state index in [0.29, 0.717) is 18.1 Å². The van der Waals surface area contributed by atoms with Crippen LogP contribution in [0.1, 0.15) is 17.4 Å². The van der Waals surface area contributed by atoms with Crippen LogP contribution in [-0.4, -0.2) is 48.8 Å². The summed E-state index contributed by atoms with van der Waals surface area (Å²) in [7, 11) is 4.95. The van der Waals surface area contributed by atoms with Crippen LogP contribution in [0.4, 0.5) is 5.82 Å². The van der Waals surface area contributed by atoms with E-state index < -0.39 is 0 Å². The quantitative estimate of drug-likeness (QED) is 0.812. The van der Waals surface area contributed by atoms with Gasteiger partial charge < -0.3 is 15.0 Å². The summed E-state index contributed by atoms with van der Waals surface area (Å²) in [6, 6.07) is 1.58. The van der Waals surface area contributed by atoms with Crippen molar-refractivity contribution in [2.45, 2.75) is 6.92 Å². The molecule has 16 heavy (non-hydrogen) atoms. The molecule has 0 fully saturated rings. The normalized spacial score (nSPS) is 9.75. The van der Waals surface area contributed by atoms with E-state index in [-0.39, 0.29) is 11.6 Å². The molecule has 1 N–H and O–H groups in total. The number of carbonyl (C=O) groups excluding carboxylic acids is 1. The Morgan fingerprint density at radius 3 is 2.75 bits per heavy atom. The van der Waals surface area contributed by atoms with Gasteiger partial charge in [-0.1, -0.05) is 0 Å². The maximum absolute atomic E-state index is 11.8. The average Bonchev–Trinajstić information content (AvgIpc) is 2.35. The molecule has 0 aliphatic carbocycles. The number of carbonyl (C=O) groups is 1. The number of amides is 1. The van der Waals surface area contributed by atoms with Crippen LogP contribution in [0.2, 0.25) is 0 Å². The minimum absolute atomic E-state index is 0.170. The number of anilines is 1. The molecule has 0 saturated heterocycles. The van der Waals surface area contributed by atoms with Gasteiger partial charge in [-0.25, -0.2) is 0 Å². The Hall–Kier alpha value is -1.85. The number of nitrogens with one attached hydrogen (secondary N) is 1. The Morgan fingerprint density at radius 2 is 2.25 bits per heavy atom. The van der Waals surface area contributed by atoms with Crippen molar-refractivity contribution >= 4 is 11.7 Å². The molecule has 6 heteroatoms. The van der Waals surface area contributed by atoms with Gasteiger partial charge in [0.15, 0.2) is 17.3 Å². The van der Waals surface area contributed by atoms with Gasteiger partial charge >= 0.3 is 0 Å². The first-order valence-corrected chi connectivity index (χ1v) is 4.99. The van der Waals surface area contributed by atoms with Crippen LogP contribution in [0.3, 0.4) is 0 Å². The zero-order valence-electron chi connectivity index (χ0n) is 9.94.